The number of rotatable bonds is 3. The van der Waals surface area contributed by atoms with Crippen molar-refractivity contribution in [2.75, 3.05) is 5.32 Å². The number of anilines is 1. The molecule has 3 atom stereocenters. The van der Waals surface area contributed by atoms with Crippen LogP contribution in [0.15, 0.2) is 34.9 Å². The van der Waals surface area contributed by atoms with E-state index in [0.29, 0.717) is 17.8 Å². The molecule has 5 rings (SSSR count). The van der Waals surface area contributed by atoms with Gasteiger partial charge in [-0.2, -0.15) is 17.6 Å². The molecule has 1 N–H and O–H groups in total. The van der Waals surface area contributed by atoms with Crippen LogP contribution in [-0.4, -0.2) is 43.1 Å². The maximum Gasteiger partial charge on any atom is 0.392 e. The van der Waals surface area contributed by atoms with Crippen molar-refractivity contribution in [2.24, 2.45) is 5.92 Å². The molecule has 1 aliphatic heterocycles. The second kappa shape index (κ2) is 7.44. The summed E-state index contributed by atoms with van der Waals surface area (Å²) >= 11 is 6.18. The predicted molar refractivity (Wildman–Crippen MR) is 107 cm³/mol. The molecule has 174 valence electrons. The fourth-order valence-corrected chi connectivity index (χ4v) is 4.97. The van der Waals surface area contributed by atoms with Gasteiger partial charge in [0, 0.05) is 37.3 Å². The largest absolute Gasteiger partial charge is 0.423 e. The molecule has 1 saturated carbocycles. The molecule has 1 aliphatic carbocycles. The Morgan fingerprint density at radius 3 is 2.70 bits per heavy atom. The number of halogens is 5. The molecule has 33 heavy (non-hydrogen) atoms. The summed E-state index contributed by atoms with van der Waals surface area (Å²) in [6, 6.07) is 4.42. The number of carbonyl (C=O) groups excluding carboxylic acids is 1. The highest BCUT2D eigenvalue weighted by Gasteiger charge is 2.66. The Labute approximate surface area is 189 Å². The first kappa shape index (κ1) is 21.7. The number of urea groups is 1. The molecule has 13 heteroatoms. The van der Waals surface area contributed by atoms with Gasteiger partial charge in [-0.1, -0.05) is 11.6 Å². The zero-order valence-electron chi connectivity index (χ0n) is 17.1. The number of aryl methyl sites for hydroxylation is 1. The third kappa shape index (κ3) is 3.62. The molecular formula is C20H17ClF4N6O2. The summed E-state index contributed by atoms with van der Waals surface area (Å²) in [5.74, 6) is -2.09. The summed E-state index contributed by atoms with van der Waals surface area (Å²) in [5, 5.41) is 14.3. The highest BCUT2D eigenvalue weighted by atomic mass is 35.5. The van der Waals surface area contributed by atoms with E-state index >= 15 is 0 Å². The van der Waals surface area contributed by atoms with Gasteiger partial charge in [0.1, 0.15) is 5.54 Å². The third-order valence-electron chi connectivity index (χ3n) is 6.15. The summed E-state index contributed by atoms with van der Waals surface area (Å²) in [5.41, 5.74) is -0.708. The van der Waals surface area contributed by atoms with Gasteiger partial charge in [0.15, 0.2) is 0 Å². The molecule has 3 heterocycles. The molecule has 1 saturated heterocycles. The standard InChI is InChI=1S/C20H17ClF4N6O2/c1-10-27-28-17(33-10)19-8-11(20(23,24)25)6-13(9-19)31(19)18(32)26-12-2-3-14(21)15(7-12)30-5-4-16(22)29-30/h2-5,7,11,13H,6,8-9H2,1H3,(H,26,32)/t11-,13?,19?/m1/s1. The lowest BCUT2D eigenvalue weighted by atomic mass is 9.63. The van der Waals surface area contributed by atoms with Crippen LogP contribution in [-0.2, 0) is 5.54 Å². The Morgan fingerprint density at radius 2 is 2.06 bits per heavy atom. The average Bonchev–Trinajstić information content (AvgIpc) is 3.37. The van der Waals surface area contributed by atoms with Gasteiger partial charge in [-0.15, -0.1) is 15.3 Å². The van der Waals surface area contributed by atoms with E-state index in [1.54, 1.807) is 0 Å². The predicted octanol–water partition coefficient (Wildman–Crippen LogP) is 4.83. The average molecular weight is 485 g/mol. The van der Waals surface area contributed by atoms with E-state index in [1.165, 1.54) is 40.9 Å². The first-order valence-corrected chi connectivity index (χ1v) is 10.4. The highest BCUT2D eigenvalue weighted by Crippen LogP contribution is 2.58. The van der Waals surface area contributed by atoms with Crippen molar-refractivity contribution >= 4 is 23.3 Å². The van der Waals surface area contributed by atoms with Gasteiger partial charge < -0.3 is 14.6 Å². The number of benzene rings is 1. The molecular weight excluding hydrogens is 468 g/mol. The van der Waals surface area contributed by atoms with Gasteiger partial charge in [0.05, 0.1) is 16.6 Å². The van der Waals surface area contributed by atoms with Crippen molar-refractivity contribution in [3.8, 4) is 5.69 Å². The first-order valence-electron chi connectivity index (χ1n) is 10.1. The molecule has 1 aromatic carbocycles. The minimum absolute atomic E-state index is 0.0100. The molecule has 2 aromatic heterocycles. The number of alkyl halides is 3. The Balaban J connectivity index is 1.44. The number of hydrogen-bond acceptors (Lipinski definition) is 5. The number of nitrogens with one attached hydrogen (secondary N) is 1. The quantitative estimate of drug-likeness (QED) is 0.538. The lowest BCUT2D eigenvalue weighted by Gasteiger charge is -2.61. The summed E-state index contributed by atoms with van der Waals surface area (Å²) in [7, 11) is 0. The molecule has 0 radical (unpaired) electrons. The zero-order valence-corrected chi connectivity index (χ0v) is 17.9. The lowest BCUT2D eigenvalue weighted by molar-refractivity contribution is -0.229. The molecule has 8 nitrogen and oxygen atoms in total. The molecule has 2 unspecified atom stereocenters. The second-order valence-corrected chi connectivity index (χ2v) is 8.65. The maximum absolute atomic E-state index is 13.5. The summed E-state index contributed by atoms with van der Waals surface area (Å²) in [4.78, 5) is 14.6. The van der Waals surface area contributed by atoms with Crippen LogP contribution in [0.4, 0.5) is 28.0 Å². The van der Waals surface area contributed by atoms with Crippen molar-refractivity contribution in [3.05, 3.63) is 53.2 Å². The van der Waals surface area contributed by atoms with Crippen LogP contribution < -0.4 is 5.32 Å². The Kier molecular flexibility index (Phi) is 4.89. The van der Waals surface area contributed by atoms with E-state index < -0.39 is 35.7 Å². The van der Waals surface area contributed by atoms with Crippen molar-refractivity contribution < 1.29 is 26.8 Å². The lowest BCUT2D eigenvalue weighted by Crippen LogP contribution is -2.71. The zero-order chi connectivity index (χ0) is 23.5. The number of nitrogens with zero attached hydrogens (tertiary/aromatic N) is 5. The molecule has 3 aromatic rings. The van der Waals surface area contributed by atoms with Crippen molar-refractivity contribution in [1.82, 2.24) is 24.9 Å². The highest BCUT2D eigenvalue weighted by molar-refractivity contribution is 6.32. The molecule has 0 spiro atoms. The number of hydrogen-bond donors (Lipinski definition) is 1. The van der Waals surface area contributed by atoms with Gasteiger partial charge in [0.2, 0.25) is 17.7 Å². The van der Waals surface area contributed by atoms with Crippen LogP contribution in [0.2, 0.25) is 5.02 Å². The summed E-state index contributed by atoms with van der Waals surface area (Å²) in [6.45, 7) is 1.53. The number of carbonyl (C=O) groups is 1. The second-order valence-electron chi connectivity index (χ2n) is 8.24. The van der Waals surface area contributed by atoms with E-state index in [-0.39, 0.29) is 29.6 Å². The minimum Gasteiger partial charge on any atom is -0.423 e. The third-order valence-corrected chi connectivity index (χ3v) is 6.47. The van der Waals surface area contributed by atoms with Gasteiger partial charge in [0.25, 0.3) is 0 Å². The SMILES string of the molecule is Cc1nnc(C23CC(C[C@@H](C(F)(F)F)C2)N3C(=O)Nc2ccc(Cl)c(-n3ccc(F)n3)c2)o1. The Bertz CT molecular complexity index is 1230. The van der Waals surface area contributed by atoms with E-state index in [9.17, 15) is 22.4 Å². The Morgan fingerprint density at radius 1 is 1.27 bits per heavy atom. The van der Waals surface area contributed by atoms with Crippen molar-refractivity contribution in [1.29, 1.82) is 0 Å². The first-order chi connectivity index (χ1) is 15.6. The molecule has 2 amide bonds. The number of fused-ring (bicyclic) bond motifs is 2. The van der Waals surface area contributed by atoms with Crippen LogP contribution in [0.1, 0.15) is 31.0 Å². The van der Waals surface area contributed by atoms with Gasteiger partial charge in [-0.25, -0.2) is 9.48 Å². The topological polar surface area (TPSA) is 89.1 Å². The summed E-state index contributed by atoms with van der Waals surface area (Å²) < 4.78 is 60.5. The normalized spacial score (nSPS) is 24.5. The van der Waals surface area contributed by atoms with Gasteiger partial charge in [-0.3, -0.25) is 0 Å². The number of likely N-dealkylation sites (tertiary alicyclic amines) is 1. The molecule has 2 bridgehead atoms. The van der Waals surface area contributed by atoms with E-state index in [1.807, 2.05) is 0 Å². The van der Waals surface area contributed by atoms with Crippen LogP contribution in [0.5, 0.6) is 0 Å². The Hall–Kier alpha value is -3.15. The van der Waals surface area contributed by atoms with Gasteiger partial charge in [-0.05, 0) is 31.0 Å². The fraction of sp³-hybridized carbons (Fsp3) is 0.400. The van der Waals surface area contributed by atoms with Crippen LogP contribution in [0, 0.1) is 18.8 Å². The maximum atomic E-state index is 13.5. The fourth-order valence-electron chi connectivity index (χ4n) is 4.76. The molecule has 2 aliphatic rings. The smallest absolute Gasteiger partial charge is 0.392 e. The van der Waals surface area contributed by atoms with Crippen molar-refractivity contribution in [3.63, 3.8) is 0 Å². The van der Waals surface area contributed by atoms with E-state index in [0.717, 1.165) is 6.07 Å². The minimum atomic E-state index is -4.40. The monoisotopic (exact) mass is 484 g/mol. The van der Waals surface area contributed by atoms with E-state index in [4.69, 9.17) is 16.0 Å². The van der Waals surface area contributed by atoms with E-state index in [2.05, 4.69) is 20.6 Å². The summed E-state index contributed by atoms with van der Waals surface area (Å²) in [6.07, 6.45) is -3.30. The number of piperidine rings is 1. The van der Waals surface area contributed by atoms with Crippen LogP contribution >= 0.6 is 11.6 Å². The number of aromatic nitrogens is 4. The van der Waals surface area contributed by atoms with Crippen LogP contribution in [0.25, 0.3) is 5.69 Å². The van der Waals surface area contributed by atoms with Gasteiger partial charge >= 0.3 is 12.2 Å². The molecule has 2 fully saturated rings. The van der Waals surface area contributed by atoms with Crippen LogP contribution in [0.3, 0.4) is 0 Å². The van der Waals surface area contributed by atoms with Crippen molar-refractivity contribution in [2.45, 2.75) is 43.9 Å². The number of amides is 2.